The molecule has 0 fully saturated rings. The molecule has 0 aromatic heterocycles. The van der Waals surface area contributed by atoms with Crippen molar-refractivity contribution in [3.63, 3.8) is 0 Å². The summed E-state index contributed by atoms with van der Waals surface area (Å²) in [5.74, 6) is -3.46. The van der Waals surface area contributed by atoms with Crippen LogP contribution in [0.25, 0.3) is 0 Å². The molecule has 1 rings (SSSR count). The SMILES string of the molecule is CC(C)C[C@H](NC(=O)OC(C)(C)C)C(=O)N[C@@H](CC(C)C)C(=O)N[C@H](C(=O)N[C@@H](Cc1ccc(O)cc1)C(=O)O)C(C)C. The molecule has 0 saturated carbocycles. The van der Waals surface area contributed by atoms with Gasteiger partial charge in [-0.3, -0.25) is 14.4 Å². The number of rotatable bonds is 15. The van der Waals surface area contributed by atoms with Crippen LogP contribution in [0.3, 0.4) is 0 Å². The Balaban J connectivity index is 3.09. The van der Waals surface area contributed by atoms with Crippen molar-refractivity contribution in [1.82, 2.24) is 21.3 Å². The molecule has 4 atom stereocenters. The number of amides is 4. The lowest BCUT2D eigenvalue weighted by atomic mass is 9.98. The molecular weight excluding hydrogens is 556 g/mol. The lowest BCUT2D eigenvalue weighted by Crippen LogP contribution is -2.59. The van der Waals surface area contributed by atoms with Crippen molar-refractivity contribution in [2.75, 3.05) is 0 Å². The summed E-state index contributed by atoms with van der Waals surface area (Å²) in [5.41, 5.74) is -0.176. The van der Waals surface area contributed by atoms with Gasteiger partial charge in [-0.1, -0.05) is 53.7 Å². The minimum atomic E-state index is -1.28. The second kappa shape index (κ2) is 16.7. The largest absolute Gasteiger partial charge is 0.508 e. The zero-order valence-corrected chi connectivity index (χ0v) is 26.8. The van der Waals surface area contributed by atoms with E-state index in [1.54, 1.807) is 46.8 Å². The van der Waals surface area contributed by atoms with Gasteiger partial charge >= 0.3 is 12.1 Å². The fourth-order valence-corrected chi connectivity index (χ4v) is 4.25. The van der Waals surface area contributed by atoms with E-state index in [0.29, 0.717) is 12.0 Å². The number of carbonyl (C=O) groups excluding carboxylic acids is 4. The average Bonchev–Trinajstić information content (AvgIpc) is 2.85. The average molecular weight is 607 g/mol. The number of carboxylic acids is 1. The Morgan fingerprint density at radius 2 is 1.19 bits per heavy atom. The van der Waals surface area contributed by atoms with Gasteiger partial charge in [-0.2, -0.15) is 0 Å². The molecule has 6 N–H and O–H groups in total. The molecule has 4 amide bonds. The van der Waals surface area contributed by atoms with Gasteiger partial charge in [0.1, 0.15) is 35.5 Å². The standard InChI is InChI=1S/C31H50N4O8/c1-17(2)14-22(32-26(37)23(15-18(3)4)34-30(42)43-31(7,8)9)27(38)35-25(19(5)6)28(39)33-24(29(40)41)16-20-10-12-21(36)13-11-20/h10-13,17-19,22-25,36H,14-16H2,1-9H3,(H,32,37)(H,33,39)(H,34,42)(H,35,38)(H,40,41)/t22-,23-,24-,25-/m0/s1. The van der Waals surface area contributed by atoms with E-state index in [-0.39, 0.29) is 30.4 Å². The quantitative estimate of drug-likeness (QED) is 0.176. The van der Waals surface area contributed by atoms with E-state index in [0.717, 1.165) is 0 Å². The van der Waals surface area contributed by atoms with Crippen LogP contribution in [-0.2, 0) is 30.3 Å². The maximum atomic E-state index is 13.5. The fourth-order valence-electron chi connectivity index (χ4n) is 4.25. The number of hydrogen-bond acceptors (Lipinski definition) is 7. The first kappa shape index (κ1) is 37.2. The predicted molar refractivity (Wildman–Crippen MR) is 162 cm³/mol. The summed E-state index contributed by atoms with van der Waals surface area (Å²) in [5, 5.41) is 29.7. The van der Waals surface area contributed by atoms with Crippen molar-refractivity contribution in [2.24, 2.45) is 17.8 Å². The van der Waals surface area contributed by atoms with E-state index in [2.05, 4.69) is 21.3 Å². The zero-order valence-electron chi connectivity index (χ0n) is 26.8. The van der Waals surface area contributed by atoms with E-state index in [1.165, 1.54) is 12.1 Å². The third kappa shape index (κ3) is 14.3. The van der Waals surface area contributed by atoms with Crippen molar-refractivity contribution in [3.05, 3.63) is 29.8 Å². The van der Waals surface area contributed by atoms with Crippen molar-refractivity contribution in [3.8, 4) is 5.75 Å². The monoisotopic (exact) mass is 606 g/mol. The van der Waals surface area contributed by atoms with Crippen molar-refractivity contribution < 1.29 is 38.9 Å². The second-order valence-electron chi connectivity index (χ2n) is 13.0. The van der Waals surface area contributed by atoms with Crippen LogP contribution in [0.5, 0.6) is 5.75 Å². The molecule has 0 bridgehead atoms. The molecular formula is C31H50N4O8. The van der Waals surface area contributed by atoms with Gasteiger partial charge in [0, 0.05) is 6.42 Å². The summed E-state index contributed by atoms with van der Waals surface area (Å²) in [4.78, 5) is 64.4. The summed E-state index contributed by atoms with van der Waals surface area (Å²) >= 11 is 0. The molecule has 0 unspecified atom stereocenters. The number of alkyl carbamates (subject to hydrolysis) is 1. The van der Waals surface area contributed by atoms with E-state index in [4.69, 9.17) is 4.74 Å². The van der Waals surface area contributed by atoms with Crippen molar-refractivity contribution in [2.45, 2.75) is 111 Å². The highest BCUT2D eigenvalue weighted by Gasteiger charge is 2.33. The Morgan fingerprint density at radius 1 is 0.721 bits per heavy atom. The number of ether oxygens (including phenoxy) is 1. The molecule has 0 aliphatic carbocycles. The van der Waals surface area contributed by atoms with Crippen molar-refractivity contribution >= 4 is 29.8 Å². The number of carboxylic acid groups (broad SMARTS) is 1. The summed E-state index contributed by atoms with van der Waals surface area (Å²) < 4.78 is 5.31. The Kier molecular flexibility index (Phi) is 14.5. The summed E-state index contributed by atoms with van der Waals surface area (Å²) in [6.07, 6.45) is -0.234. The van der Waals surface area contributed by atoms with E-state index >= 15 is 0 Å². The molecule has 0 saturated heterocycles. The molecule has 242 valence electrons. The highest BCUT2D eigenvalue weighted by molar-refractivity contribution is 5.94. The highest BCUT2D eigenvalue weighted by atomic mass is 16.6. The molecule has 0 aliphatic rings. The van der Waals surface area contributed by atoms with Crippen LogP contribution in [0, 0.1) is 17.8 Å². The molecule has 12 heteroatoms. The number of benzene rings is 1. The smallest absolute Gasteiger partial charge is 0.408 e. The molecule has 1 aromatic rings. The van der Waals surface area contributed by atoms with Crippen LogP contribution >= 0.6 is 0 Å². The molecule has 0 aliphatic heterocycles. The Morgan fingerprint density at radius 3 is 1.63 bits per heavy atom. The van der Waals surface area contributed by atoms with Gasteiger partial charge in [0.25, 0.3) is 0 Å². The van der Waals surface area contributed by atoms with Gasteiger partial charge in [-0.05, 0) is 69.1 Å². The first-order valence-electron chi connectivity index (χ1n) is 14.7. The van der Waals surface area contributed by atoms with Crippen LogP contribution in [0.4, 0.5) is 4.79 Å². The topological polar surface area (TPSA) is 183 Å². The van der Waals surface area contributed by atoms with Crippen LogP contribution in [0.1, 0.15) is 80.7 Å². The maximum Gasteiger partial charge on any atom is 0.408 e. The van der Waals surface area contributed by atoms with E-state index < -0.39 is 65.5 Å². The Bertz CT molecular complexity index is 1100. The lowest BCUT2D eigenvalue weighted by molar-refractivity contribution is -0.142. The molecule has 0 radical (unpaired) electrons. The van der Waals surface area contributed by atoms with Gasteiger partial charge in [0.15, 0.2) is 0 Å². The first-order valence-corrected chi connectivity index (χ1v) is 14.7. The van der Waals surface area contributed by atoms with Crippen molar-refractivity contribution in [1.29, 1.82) is 0 Å². The second-order valence-corrected chi connectivity index (χ2v) is 13.0. The first-order chi connectivity index (χ1) is 19.8. The Labute approximate surface area is 254 Å². The number of hydrogen-bond donors (Lipinski definition) is 6. The maximum absolute atomic E-state index is 13.5. The molecule has 43 heavy (non-hydrogen) atoms. The van der Waals surface area contributed by atoms with Crippen LogP contribution in [-0.4, -0.2) is 69.8 Å². The molecule has 0 spiro atoms. The summed E-state index contributed by atoms with van der Waals surface area (Å²) in [6.45, 7) is 16.1. The number of carbonyl (C=O) groups is 5. The number of phenolic OH excluding ortho intramolecular Hbond substituents is 1. The van der Waals surface area contributed by atoms with Gasteiger partial charge < -0.3 is 36.2 Å². The molecule has 1 aromatic carbocycles. The number of nitrogens with one attached hydrogen (secondary N) is 4. The minimum Gasteiger partial charge on any atom is -0.508 e. The number of aliphatic carboxylic acids is 1. The Hall–Kier alpha value is -3.83. The fraction of sp³-hybridized carbons (Fsp3) is 0.645. The minimum absolute atomic E-state index is 0.00793. The normalized spacial score (nSPS) is 14.4. The zero-order chi connectivity index (χ0) is 33.1. The highest BCUT2D eigenvalue weighted by Crippen LogP contribution is 2.14. The third-order valence-corrected chi connectivity index (χ3v) is 6.29. The number of aromatic hydroxyl groups is 1. The third-order valence-electron chi connectivity index (χ3n) is 6.29. The van der Waals surface area contributed by atoms with Crippen LogP contribution < -0.4 is 21.3 Å². The van der Waals surface area contributed by atoms with Gasteiger partial charge in [-0.25, -0.2) is 9.59 Å². The number of phenols is 1. The van der Waals surface area contributed by atoms with Crippen LogP contribution in [0.2, 0.25) is 0 Å². The van der Waals surface area contributed by atoms with E-state index in [9.17, 15) is 34.2 Å². The van der Waals surface area contributed by atoms with Gasteiger partial charge in [0.05, 0.1) is 0 Å². The van der Waals surface area contributed by atoms with Crippen LogP contribution in [0.15, 0.2) is 24.3 Å². The lowest BCUT2D eigenvalue weighted by Gasteiger charge is -2.29. The van der Waals surface area contributed by atoms with Gasteiger partial charge in [-0.15, -0.1) is 0 Å². The van der Waals surface area contributed by atoms with Gasteiger partial charge in [0.2, 0.25) is 17.7 Å². The predicted octanol–water partition coefficient (Wildman–Crippen LogP) is 3.12. The van der Waals surface area contributed by atoms with E-state index in [1.807, 2.05) is 27.7 Å². The molecule has 0 heterocycles. The molecule has 12 nitrogen and oxygen atoms in total. The summed E-state index contributed by atoms with van der Waals surface area (Å²) in [7, 11) is 0. The summed E-state index contributed by atoms with van der Waals surface area (Å²) in [6, 6.07) is 1.60.